The molecule has 0 saturated carbocycles. The van der Waals surface area contributed by atoms with Crippen LogP contribution in [-0.2, 0) is 13.0 Å². The van der Waals surface area contributed by atoms with Gasteiger partial charge in [-0.3, -0.25) is 4.68 Å². The van der Waals surface area contributed by atoms with E-state index >= 15 is 0 Å². The van der Waals surface area contributed by atoms with Crippen LogP contribution in [0.25, 0.3) is 0 Å². The van der Waals surface area contributed by atoms with E-state index in [1.54, 1.807) is 0 Å². The van der Waals surface area contributed by atoms with Crippen LogP contribution in [0.4, 0.5) is 0 Å². The second-order valence-electron chi connectivity index (χ2n) is 4.56. The molecule has 2 aromatic rings. The maximum absolute atomic E-state index is 4.38. The standard InChI is InChI=1S/C14H18N2/c1-12(2)10-14-8-9-15-16(14)11-13-6-4-3-5-7-13/h3-9,12H,10-11H2,1-2H3. The van der Waals surface area contributed by atoms with E-state index in [-0.39, 0.29) is 0 Å². The second kappa shape index (κ2) is 4.97. The molecule has 0 saturated heterocycles. The van der Waals surface area contributed by atoms with Crippen LogP contribution in [0, 0.1) is 5.92 Å². The molecular formula is C14H18N2. The fourth-order valence-electron chi connectivity index (χ4n) is 1.85. The van der Waals surface area contributed by atoms with Gasteiger partial charge in [0.1, 0.15) is 0 Å². The van der Waals surface area contributed by atoms with Crippen molar-refractivity contribution in [2.75, 3.05) is 0 Å². The molecule has 0 aliphatic heterocycles. The molecule has 2 rings (SSSR count). The SMILES string of the molecule is CC(C)Cc1ccnn1Cc1ccccc1. The number of aromatic nitrogens is 2. The van der Waals surface area contributed by atoms with Crippen molar-refractivity contribution in [1.29, 1.82) is 0 Å². The van der Waals surface area contributed by atoms with Crippen molar-refractivity contribution in [2.45, 2.75) is 26.8 Å². The molecule has 1 aromatic carbocycles. The highest BCUT2D eigenvalue weighted by Crippen LogP contribution is 2.10. The van der Waals surface area contributed by atoms with Crippen molar-refractivity contribution in [3.8, 4) is 0 Å². The van der Waals surface area contributed by atoms with Crippen molar-refractivity contribution in [2.24, 2.45) is 5.92 Å². The molecule has 0 N–H and O–H groups in total. The first kappa shape index (κ1) is 10.9. The lowest BCUT2D eigenvalue weighted by Crippen LogP contribution is -2.08. The van der Waals surface area contributed by atoms with E-state index in [9.17, 15) is 0 Å². The van der Waals surface area contributed by atoms with E-state index < -0.39 is 0 Å². The summed E-state index contributed by atoms with van der Waals surface area (Å²) in [5.74, 6) is 0.672. The van der Waals surface area contributed by atoms with Crippen molar-refractivity contribution < 1.29 is 0 Å². The molecule has 2 heteroatoms. The summed E-state index contributed by atoms with van der Waals surface area (Å²) in [6, 6.07) is 12.6. The normalized spacial score (nSPS) is 10.9. The molecule has 84 valence electrons. The van der Waals surface area contributed by atoms with Crippen LogP contribution < -0.4 is 0 Å². The van der Waals surface area contributed by atoms with Crippen molar-refractivity contribution >= 4 is 0 Å². The lowest BCUT2D eigenvalue weighted by Gasteiger charge is -2.09. The highest BCUT2D eigenvalue weighted by Gasteiger charge is 2.05. The Hall–Kier alpha value is -1.57. The van der Waals surface area contributed by atoms with Gasteiger partial charge in [-0.15, -0.1) is 0 Å². The Bertz CT molecular complexity index is 429. The number of nitrogens with zero attached hydrogens (tertiary/aromatic N) is 2. The minimum atomic E-state index is 0.672. The maximum Gasteiger partial charge on any atom is 0.0662 e. The Morgan fingerprint density at radius 2 is 1.88 bits per heavy atom. The smallest absolute Gasteiger partial charge is 0.0662 e. The molecule has 1 heterocycles. The van der Waals surface area contributed by atoms with E-state index in [1.165, 1.54) is 11.3 Å². The molecule has 0 spiro atoms. The number of hydrogen-bond donors (Lipinski definition) is 0. The predicted octanol–water partition coefficient (Wildman–Crippen LogP) is 3.13. The van der Waals surface area contributed by atoms with E-state index in [0.29, 0.717) is 5.92 Å². The summed E-state index contributed by atoms with van der Waals surface area (Å²) in [5.41, 5.74) is 2.62. The summed E-state index contributed by atoms with van der Waals surface area (Å²) in [5, 5.41) is 4.38. The quantitative estimate of drug-likeness (QED) is 0.764. The van der Waals surface area contributed by atoms with Gasteiger partial charge in [-0.1, -0.05) is 44.2 Å². The molecule has 0 amide bonds. The van der Waals surface area contributed by atoms with Gasteiger partial charge < -0.3 is 0 Å². The van der Waals surface area contributed by atoms with Crippen LogP contribution in [0.1, 0.15) is 25.1 Å². The lowest BCUT2D eigenvalue weighted by atomic mass is 10.1. The highest BCUT2D eigenvalue weighted by molar-refractivity contribution is 5.16. The van der Waals surface area contributed by atoms with Gasteiger partial charge in [0.2, 0.25) is 0 Å². The predicted molar refractivity (Wildman–Crippen MR) is 66.3 cm³/mol. The van der Waals surface area contributed by atoms with Gasteiger partial charge in [0.05, 0.1) is 6.54 Å². The largest absolute Gasteiger partial charge is 0.265 e. The average molecular weight is 214 g/mol. The zero-order valence-corrected chi connectivity index (χ0v) is 9.93. The average Bonchev–Trinajstić information content (AvgIpc) is 2.66. The van der Waals surface area contributed by atoms with Gasteiger partial charge >= 0.3 is 0 Å². The van der Waals surface area contributed by atoms with Crippen LogP contribution in [0.3, 0.4) is 0 Å². The van der Waals surface area contributed by atoms with Crippen LogP contribution in [-0.4, -0.2) is 9.78 Å². The van der Waals surface area contributed by atoms with Gasteiger partial charge in [0, 0.05) is 11.9 Å². The van der Waals surface area contributed by atoms with Crippen molar-refractivity contribution in [1.82, 2.24) is 9.78 Å². The zero-order valence-electron chi connectivity index (χ0n) is 9.93. The Kier molecular flexibility index (Phi) is 3.40. The molecule has 0 bridgehead atoms. The van der Waals surface area contributed by atoms with Gasteiger partial charge in [0.15, 0.2) is 0 Å². The number of rotatable bonds is 4. The summed E-state index contributed by atoms with van der Waals surface area (Å²) in [6.45, 7) is 5.34. The van der Waals surface area contributed by atoms with Crippen LogP contribution in [0.15, 0.2) is 42.6 Å². The molecule has 0 radical (unpaired) electrons. The Morgan fingerprint density at radius 1 is 1.12 bits per heavy atom. The minimum absolute atomic E-state index is 0.672. The molecule has 0 fully saturated rings. The van der Waals surface area contributed by atoms with Crippen LogP contribution >= 0.6 is 0 Å². The molecule has 1 aromatic heterocycles. The van der Waals surface area contributed by atoms with E-state index in [4.69, 9.17) is 0 Å². The third kappa shape index (κ3) is 2.72. The molecule has 2 nitrogen and oxygen atoms in total. The van der Waals surface area contributed by atoms with Gasteiger partial charge in [-0.2, -0.15) is 5.10 Å². The first-order valence-corrected chi connectivity index (χ1v) is 5.80. The summed E-state index contributed by atoms with van der Waals surface area (Å²) >= 11 is 0. The molecule has 0 unspecified atom stereocenters. The van der Waals surface area contributed by atoms with E-state index in [0.717, 1.165) is 13.0 Å². The lowest BCUT2D eigenvalue weighted by molar-refractivity contribution is 0.573. The topological polar surface area (TPSA) is 17.8 Å². The minimum Gasteiger partial charge on any atom is -0.265 e. The number of hydrogen-bond acceptors (Lipinski definition) is 1. The summed E-state index contributed by atoms with van der Waals surface area (Å²) < 4.78 is 2.09. The molecule has 0 aliphatic carbocycles. The second-order valence-corrected chi connectivity index (χ2v) is 4.56. The third-order valence-electron chi connectivity index (χ3n) is 2.60. The van der Waals surface area contributed by atoms with Gasteiger partial charge in [0.25, 0.3) is 0 Å². The van der Waals surface area contributed by atoms with E-state index in [1.807, 2.05) is 12.3 Å². The Labute approximate surface area is 96.9 Å². The summed E-state index contributed by atoms with van der Waals surface area (Å²) in [7, 11) is 0. The maximum atomic E-state index is 4.38. The first-order valence-electron chi connectivity index (χ1n) is 5.80. The van der Waals surface area contributed by atoms with Gasteiger partial charge in [-0.25, -0.2) is 0 Å². The molecule has 0 aliphatic rings. The van der Waals surface area contributed by atoms with Crippen LogP contribution in [0.2, 0.25) is 0 Å². The van der Waals surface area contributed by atoms with Gasteiger partial charge in [-0.05, 0) is 24.0 Å². The third-order valence-corrected chi connectivity index (χ3v) is 2.60. The highest BCUT2D eigenvalue weighted by atomic mass is 15.3. The fourth-order valence-corrected chi connectivity index (χ4v) is 1.85. The Morgan fingerprint density at radius 3 is 2.56 bits per heavy atom. The van der Waals surface area contributed by atoms with Crippen molar-refractivity contribution in [3.63, 3.8) is 0 Å². The fraction of sp³-hybridized carbons (Fsp3) is 0.357. The molecule has 0 atom stereocenters. The molecule has 16 heavy (non-hydrogen) atoms. The monoisotopic (exact) mass is 214 g/mol. The zero-order chi connectivity index (χ0) is 11.4. The van der Waals surface area contributed by atoms with Crippen LogP contribution in [0.5, 0.6) is 0 Å². The summed E-state index contributed by atoms with van der Waals surface area (Å²) in [6.07, 6.45) is 2.98. The van der Waals surface area contributed by atoms with E-state index in [2.05, 4.69) is 54.0 Å². The molecular weight excluding hydrogens is 196 g/mol. The Balaban J connectivity index is 2.13. The first-order chi connectivity index (χ1) is 7.75. The van der Waals surface area contributed by atoms with Crippen molar-refractivity contribution in [3.05, 3.63) is 53.9 Å². The number of benzene rings is 1. The summed E-state index contributed by atoms with van der Waals surface area (Å²) in [4.78, 5) is 0.